The Kier molecular flexibility index (Phi) is 6.32. The number of ketones is 1. The first-order valence-corrected chi connectivity index (χ1v) is 11.4. The summed E-state index contributed by atoms with van der Waals surface area (Å²) in [5.41, 5.74) is 9.13. The first-order chi connectivity index (χ1) is 14.9. The van der Waals surface area contributed by atoms with Crippen LogP contribution in [0.1, 0.15) is 65.7 Å². The molecule has 31 heavy (non-hydrogen) atoms. The lowest BCUT2D eigenvalue weighted by Gasteiger charge is -2.36. The molecule has 0 radical (unpaired) electrons. The Hall–Kier alpha value is -2.41. The number of anilines is 2. The van der Waals surface area contributed by atoms with Gasteiger partial charge >= 0.3 is 0 Å². The fourth-order valence-corrected chi connectivity index (χ4v) is 5.34. The second-order valence-electron chi connectivity index (χ2n) is 8.80. The average molecular weight is 444 g/mol. The molecule has 3 heterocycles. The molecule has 8 heteroatoms. The highest BCUT2D eigenvalue weighted by Gasteiger charge is 2.37. The van der Waals surface area contributed by atoms with Crippen molar-refractivity contribution in [2.24, 2.45) is 11.8 Å². The third-order valence-electron chi connectivity index (χ3n) is 6.65. The third kappa shape index (κ3) is 4.33. The normalized spacial score (nSPS) is 19.4. The standard InChI is InChI=1S/C23H30ClN5O2/c1-13-10-26-17(14(2)20(13)31-3)12-29-11-16(9-15-7-5-4-6-8-15)19(30)18-21(24)27-23(25)28-22(18)29/h10,15-16H,4-9,11-12H2,1-3H3,(H2,25,27,28). The molecule has 0 saturated heterocycles. The molecule has 0 amide bonds. The van der Waals surface area contributed by atoms with E-state index in [9.17, 15) is 4.79 Å². The highest BCUT2D eigenvalue weighted by atomic mass is 35.5. The van der Waals surface area contributed by atoms with Crippen molar-refractivity contribution in [3.8, 4) is 5.75 Å². The van der Waals surface area contributed by atoms with Gasteiger partial charge in [-0.1, -0.05) is 43.7 Å². The van der Waals surface area contributed by atoms with E-state index < -0.39 is 0 Å². The number of nitrogens with two attached hydrogens (primary N) is 1. The van der Waals surface area contributed by atoms with Crippen molar-refractivity contribution < 1.29 is 9.53 Å². The lowest BCUT2D eigenvalue weighted by atomic mass is 9.79. The van der Waals surface area contributed by atoms with Gasteiger partial charge in [-0.05, 0) is 26.2 Å². The molecule has 0 aromatic carbocycles. The van der Waals surface area contributed by atoms with E-state index in [4.69, 9.17) is 22.1 Å². The van der Waals surface area contributed by atoms with Crippen LogP contribution in [0.5, 0.6) is 5.75 Å². The number of aromatic nitrogens is 3. The van der Waals surface area contributed by atoms with Crippen LogP contribution in [0.15, 0.2) is 6.20 Å². The Balaban J connectivity index is 1.69. The maximum Gasteiger partial charge on any atom is 0.223 e. The lowest BCUT2D eigenvalue weighted by molar-refractivity contribution is 0.0886. The molecule has 1 aliphatic carbocycles. The van der Waals surface area contributed by atoms with Crippen molar-refractivity contribution in [2.45, 2.75) is 58.9 Å². The maximum absolute atomic E-state index is 13.4. The summed E-state index contributed by atoms with van der Waals surface area (Å²) in [5, 5.41) is 0.136. The number of hydrogen-bond acceptors (Lipinski definition) is 7. The van der Waals surface area contributed by atoms with Crippen molar-refractivity contribution >= 4 is 29.2 Å². The minimum absolute atomic E-state index is 0.0352. The van der Waals surface area contributed by atoms with Gasteiger partial charge in [-0.15, -0.1) is 0 Å². The average Bonchev–Trinajstić information content (AvgIpc) is 2.74. The molecular formula is C23H30ClN5O2. The van der Waals surface area contributed by atoms with E-state index in [-0.39, 0.29) is 22.8 Å². The number of ether oxygens (including phenoxy) is 1. The molecule has 2 aliphatic rings. The second-order valence-corrected chi connectivity index (χ2v) is 9.16. The SMILES string of the molecule is COc1c(C)cnc(CN2CC(CC3CCCCC3)C(=O)c3c(Cl)nc(N)nc32)c1C. The monoisotopic (exact) mass is 443 g/mol. The van der Waals surface area contributed by atoms with Gasteiger partial charge in [-0.3, -0.25) is 9.78 Å². The third-order valence-corrected chi connectivity index (χ3v) is 6.93. The van der Waals surface area contributed by atoms with E-state index in [1.807, 2.05) is 20.0 Å². The number of nitrogen functional groups attached to an aromatic ring is 1. The van der Waals surface area contributed by atoms with Crippen molar-refractivity contribution in [3.05, 3.63) is 33.7 Å². The van der Waals surface area contributed by atoms with E-state index in [2.05, 4.69) is 19.9 Å². The van der Waals surface area contributed by atoms with Gasteiger partial charge < -0.3 is 15.4 Å². The molecule has 0 spiro atoms. The van der Waals surface area contributed by atoms with Crippen LogP contribution < -0.4 is 15.4 Å². The highest BCUT2D eigenvalue weighted by molar-refractivity contribution is 6.34. The van der Waals surface area contributed by atoms with Crippen LogP contribution in [-0.4, -0.2) is 34.4 Å². The summed E-state index contributed by atoms with van der Waals surface area (Å²) in [5.74, 6) is 1.89. The molecule has 0 bridgehead atoms. The van der Waals surface area contributed by atoms with Crippen molar-refractivity contribution in [2.75, 3.05) is 24.3 Å². The molecule has 1 aliphatic heterocycles. The number of aryl methyl sites for hydroxylation is 1. The van der Waals surface area contributed by atoms with Crippen molar-refractivity contribution in [1.29, 1.82) is 0 Å². The minimum atomic E-state index is -0.132. The van der Waals surface area contributed by atoms with Crippen LogP contribution in [0.2, 0.25) is 5.15 Å². The van der Waals surface area contributed by atoms with Gasteiger partial charge in [0.1, 0.15) is 16.7 Å². The summed E-state index contributed by atoms with van der Waals surface area (Å²) in [4.78, 5) is 28.6. The van der Waals surface area contributed by atoms with Crippen LogP contribution in [0.4, 0.5) is 11.8 Å². The maximum atomic E-state index is 13.4. The number of hydrogen-bond donors (Lipinski definition) is 1. The first-order valence-electron chi connectivity index (χ1n) is 11.0. The molecule has 2 aromatic rings. The highest BCUT2D eigenvalue weighted by Crippen LogP contribution is 2.38. The van der Waals surface area contributed by atoms with E-state index >= 15 is 0 Å². The van der Waals surface area contributed by atoms with Gasteiger partial charge in [0, 0.05) is 29.8 Å². The van der Waals surface area contributed by atoms with E-state index in [1.54, 1.807) is 7.11 Å². The van der Waals surface area contributed by atoms with E-state index in [0.29, 0.717) is 30.4 Å². The van der Waals surface area contributed by atoms with Crippen molar-refractivity contribution in [3.63, 3.8) is 0 Å². The fraction of sp³-hybridized carbons (Fsp3) is 0.565. The quantitative estimate of drug-likeness (QED) is 0.678. The number of fused-ring (bicyclic) bond motifs is 1. The van der Waals surface area contributed by atoms with Gasteiger partial charge in [-0.2, -0.15) is 4.98 Å². The largest absolute Gasteiger partial charge is 0.496 e. The molecule has 1 fully saturated rings. The number of Topliss-reactive ketones (excluding diaryl/α,β-unsaturated/α-hetero) is 1. The van der Waals surface area contributed by atoms with Crippen LogP contribution in [0.25, 0.3) is 0 Å². The van der Waals surface area contributed by atoms with Gasteiger partial charge in [-0.25, -0.2) is 4.98 Å². The number of carbonyl (C=O) groups excluding carboxylic acids is 1. The molecule has 7 nitrogen and oxygen atoms in total. The van der Waals surface area contributed by atoms with Crippen LogP contribution >= 0.6 is 11.6 Å². The summed E-state index contributed by atoms with van der Waals surface area (Å²) in [6, 6.07) is 0. The van der Waals surface area contributed by atoms with Crippen LogP contribution in [0.3, 0.4) is 0 Å². The Labute approximate surface area is 188 Å². The second kappa shape index (κ2) is 8.99. The zero-order valence-electron chi connectivity index (χ0n) is 18.4. The summed E-state index contributed by atoms with van der Waals surface area (Å²) < 4.78 is 5.57. The fourth-order valence-electron chi connectivity index (χ4n) is 5.08. The van der Waals surface area contributed by atoms with Crippen LogP contribution in [0, 0.1) is 25.7 Å². The van der Waals surface area contributed by atoms with Gasteiger partial charge in [0.15, 0.2) is 5.78 Å². The Morgan fingerprint density at radius 1 is 1.23 bits per heavy atom. The number of pyridine rings is 1. The predicted molar refractivity (Wildman–Crippen MR) is 122 cm³/mol. The Morgan fingerprint density at radius 3 is 2.68 bits per heavy atom. The van der Waals surface area contributed by atoms with Gasteiger partial charge in [0.2, 0.25) is 5.95 Å². The number of carbonyl (C=O) groups is 1. The minimum Gasteiger partial charge on any atom is -0.496 e. The molecular weight excluding hydrogens is 414 g/mol. The number of rotatable bonds is 5. The number of halogens is 1. The molecule has 1 saturated carbocycles. The van der Waals surface area contributed by atoms with Gasteiger partial charge in [0.05, 0.1) is 24.9 Å². The smallest absolute Gasteiger partial charge is 0.223 e. The molecule has 1 atom stereocenters. The summed E-state index contributed by atoms with van der Waals surface area (Å²) >= 11 is 6.40. The van der Waals surface area contributed by atoms with Crippen LogP contribution in [-0.2, 0) is 6.54 Å². The molecule has 2 aromatic heterocycles. The topological polar surface area (TPSA) is 94.2 Å². The lowest BCUT2D eigenvalue weighted by Crippen LogP contribution is -2.41. The Bertz CT molecular complexity index is 990. The summed E-state index contributed by atoms with van der Waals surface area (Å²) in [6.07, 6.45) is 8.87. The Morgan fingerprint density at radius 2 is 1.97 bits per heavy atom. The van der Waals surface area contributed by atoms with E-state index in [0.717, 1.165) is 29.0 Å². The molecule has 4 rings (SSSR count). The number of nitrogens with zero attached hydrogens (tertiary/aromatic N) is 4. The molecule has 1 unspecified atom stereocenters. The summed E-state index contributed by atoms with van der Waals surface area (Å²) in [6.45, 7) is 5.06. The zero-order chi connectivity index (χ0) is 22.1. The predicted octanol–water partition coefficient (Wildman–Crippen LogP) is 4.52. The van der Waals surface area contributed by atoms with E-state index in [1.165, 1.54) is 32.1 Å². The summed E-state index contributed by atoms with van der Waals surface area (Å²) in [7, 11) is 1.67. The first kappa shape index (κ1) is 21.8. The van der Waals surface area contributed by atoms with Gasteiger partial charge in [0.25, 0.3) is 0 Å². The van der Waals surface area contributed by atoms with Crippen molar-refractivity contribution in [1.82, 2.24) is 15.0 Å². The zero-order valence-corrected chi connectivity index (χ0v) is 19.2. The molecule has 166 valence electrons. The number of methoxy groups -OCH3 is 1. The molecule has 2 N–H and O–H groups in total.